The average Bonchev–Trinajstić information content (AvgIpc) is 2.62. The number of methoxy groups -OCH3 is 1. The van der Waals surface area contributed by atoms with Crippen molar-refractivity contribution in [3.05, 3.63) is 64.5 Å². The van der Waals surface area contributed by atoms with Crippen molar-refractivity contribution >= 4 is 22.6 Å². The molecule has 0 aliphatic rings. The van der Waals surface area contributed by atoms with E-state index in [2.05, 4.69) is 5.32 Å². The number of nitrogens with one attached hydrogen (secondary N) is 1. The van der Waals surface area contributed by atoms with Crippen LogP contribution in [-0.2, 0) is 0 Å². The van der Waals surface area contributed by atoms with Crippen molar-refractivity contribution in [3.63, 3.8) is 0 Å². The summed E-state index contributed by atoms with van der Waals surface area (Å²) in [5.74, 6) is 0.574. The van der Waals surface area contributed by atoms with Crippen molar-refractivity contribution in [2.24, 2.45) is 0 Å². The number of carbonyl (C=O) groups excluding carboxylic acids is 1. The number of anilines is 1. The van der Waals surface area contributed by atoms with E-state index in [-0.39, 0.29) is 5.56 Å². The van der Waals surface area contributed by atoms with Crippen molar-refractivity contribution in [2.45, 2.75) is 6.92 Å². The lowest BCUT2D eigenvalue weighted by Crippen LogP contribution is -2.21. The first-order chi connectivity index (χ1) is 12.1. The molecular weight excluding hydrogens is 322 g/mol. The van der Waals surface area contributed by atoms with Gasteiger partial charge in [0.2, 0.25) is 0 Å². The summed E-state index contributed by atoms with van der Waals surface area (Å²) in [4.78, 5) is 24.7. The maximum Gasteiger partial charge on any atom is 0.349 e. The van der Waals surface area contributed by atoms with Crippen molar-refractivity contribution in [2.75, 3.05) is 19.0 Å². The van der Waals surface area contributed by atoms with Crippen molar-refractivity contribution in [1.29, 1.82) is 0 Å². The maximum absolute atomic E-state index is 12.5. The Kier molecular flexibility index (Phi) is 4.70. The zero-order chi connectivity index (χ0) is 17.8. The summed E-state index contributed by atoms with van der Waals surface area (Å²) in [6, 6.07) is 13.5. The van der Waals surface area contributed by atoms with Gasteiger partial charge < -0.3 is 19.2 Å². The Hall–Kier alpha value is -3.28. The molecule has 3 aromatic rings. The summed E-state index contributed by atoms with van der Waals surface area (Å²) in [6.07, 6.45) is 0. The zero-order valence-corrected chi connectivity index (χ0v) is 13.9. The molecule has 0 atom stereocenters. The van der Waals surface area contributed by atoms with Crippen LogP contribution in [0.5, 0.6) is 11.5 Å². The number of hydrogen-bond donors (Lipinski definition) is 1. The fourth-order valence-corrected chi connectivity index (χ4v) is 2.43. The Morgan fingerprint density at radius 2 is 1.96 bits per heavy atom. The minimum Gasteiger partial charge on any atom is -0.497 e. The highest BCUT2D eigenvalue weighted by Gasteiger charge is 2.16. The standard InChI is InChI=1S/C19H17NO5/c1-3-24-17-7-5-4-6-15(17)20-18(21)14-11-12-10-13(23-2)8-9-16(12)25-19(14)22/h4-11H,3H2,1-2H3,(H,20,21). The Morgan fingerprint density at radius 3 is 2.72 bits per heavy atom. The van der Waals surface area contributed by atoms with E-state index in [4.69, 9.17) is 13.9 Å². The van der Waals surface area contributed by atoms with Crippen LogP contribution in [0.15, 0.2) is 57.7 Å². The summed E-state index contributed by atoms with van der Waals surface area (Å²) >= 11 is 0. The Morgan fingerprint density at radius 1 is 1.16 bits per heavy atom. The van der Waals surface area contributed by atoms with Gasteiger partial charge in [-0.25, -0.2) is 4.79 Å². The molecule has 0 aliphatic carbocycles. The van der Waals surface area contributed by atoms with Gasteiger partial charge in [-0.1, -0.05) is 12.1 Å². The van der Waals surface area contributed by atoms with Gasteiger partial charge >= 0.3 is 5.63 Å². The van der Waals surface area contributed by atoms with Crippen LogP contribution in [0.1, 0.15) is 17.3 Å². The predicted octanol–water partition coefficient (Wildman–Crippen LogP) is 3.45. The van der Waals surface area contributed by atoms with E-state index in [1.54, 1.807) is 49.6 Å². The molecule has 1 amide bonds. The first-order valence-corrected chi connectivity index (χ1v) is 7.77. The quantitative estimate of drug-likeness (QED) is 0.720. The summed E-state index contributed by atoms with van der Waals surface area (Å²) in [5.41, 5.74) is 0.0765. The van der Waals surface area contributed by atoms with Crippen LogP contribution in [0.3, 0.4) is 0 Å². The van der Waals surface area contributed by atoms with E-state index < -0.39 is 11.5 Å². The number of para-hydroxylation sites is 2. The van der Waals surface area contributed by atoms with Crippen LogP contribution < -0.4 is 20.4 Å². The molecule has 25 heavy (non-hydrogen) atoms. The number of amides is 1. The van der Waals surface area contributed by atoms with Gasteiger partial charge in [-0.05, 0) is 43.3 Å². The lowest BCUT2D eigenvalue weighted by Gasteiger charge is -2.11. The molecule has 2 aromatic carbocycles. The number of hydrogen-bond acceptors (Lipinski definition) is 5. The van der Waals surface area contributed by atoms with E-state index in [1.807, 2.05) is 6.92 Å². The van der Waals surface area contributed by atoms with Crippen LogP contribution in [-0.4, -0.2) is 19.6 Å². The fraction of sp³-hybridized carbons (Fsp3) is 0.158. The van der Waals surface area contributed by atoms with E-state index in [9.17, 15) is 9.59 Å². The van der Waals surface area contributed by atoms with Crippen LogP contribution in [0.4, 0.5) is 5.69 Å². The molecule has 1 N–H and O–H groups in total. The first kappa shape index (κ1) is 16.6. The molecule has 1 heterocycles. The largest absolute Gasteiger partial charge is 0.497 e. The number of benzene rings is 2. The number of ether oxygens (including phenoxy) is 2. The Labute approximate surface area is 144 Å². The molecule has 0 fully saturated rings. The average molecular weight is 339 g/mol. The lowest BCUT2D eigenvalue weighted by molar-refractivity contribution is 0.102. The molecule has 1 aromatic heterocycles. The third-order valence-electron chi connectivity index (χ3n) is 3.62. The summed E-state index contributed by atoms with van der Waals surface area (Å²) < 4.78 is 15.9. The number of rotatable bonds is 5. The van der Waals surface area contributed by atoms with Crippen LogP contribution in [0.2, 0.25) is 0 Å². The number of carbonyl (C=O) groups is 1. The molecule has 0 unspecified atom stereocenters. The molecular formula is C19H17NO5. The van der Waals surface area contributed by atoms with Crippen LogP contribution in [0.25, 0.3) is 11.0 Å². The topological polar surface area (TPSA) is 77.8 Å². The third-order valence-corrected chi connectivity index (χ3v) is 3.62. The smallest absolute Gasteiger partial charge is 0.349 e. The van der Waals surface area contributed by atoms with Crippen LogP contribution >= 0.6 is 0 Å². The molecule has 0 spiro atoms. The van der Waals surface area contributed by atoms with Gasteiger partial charge in [-0.15, -0.1) is 0 Å². The second-order valence-electron chi connectivity index (χ2n) is 5.23. The molecule has 0 saturated heterocycles. The predicted molar refractivity (Wildman–Crippen MR) is 94.6 cm³/mol. The van der Waals surface area contributed by atoms with Gasteiger partial charge in [0, 0.05) is 5.39 Å². The molecule has 6 heteroatoms. The van der Waals surface area contributed by atoms with Gasteiger partial charge in [0.15, 0.2) is 0 Å². The Balaban J connectivity index is 1.97. The molecule has 6 nitrogen and oxygen atoms in total. The third kappa shape index (κ3) is 3.47. The first-order valence-electron chi connectivity index (χ1n) is 7.77. The van der Waals surface area contributed by atoms with Crippen molar-refractivity contribution < 1.29 is 18.7 Å². The summed E-state index contributed by atoms with van der Waals surface area (Å²) in [6.45, 7) is 2.31. The monoisotopic (exact) mass is 339 g/mol. The van der Waals surface area contributed by atoms with Crippen LogP contribution in [0, 0.1) is 0 Å². The zero-order valence-electron chi connectivity index (χ0n) is 13.9. The van der Waals surface area contributed by atoms with Crippen molar-refractivity contribution in [1.82, 2.24) is 0 Å². The van der Waals surface area contributed by atoms with Crippen molar-refractivity contribution in [3.8, 4) is 11.5 Å². The maximum atomic E-state index is 12.5. The molecule has 0 bridgehead atoms. The van der Waals surface area contributed by atoms with Gasteiger partial charge in [0.05, 0.1) is 19.4 Å². The highest BCUT2D eigenvalue weighted by atomic mass is 16.5. The van der Waals surface area contributed by atoms with E-state index in [0.717, 1.165) is 0 Å². The second-order valence-corrected chi connectivity index (χ2v) is 5.23. The fourth-order valence-electron chi connectivity index (χ4n) is 2.43. The molecule has 0 radical (unpaired) electrons. The molecule has 0 saturated carbocycles. The van der Waals surface area contributed by atoms with E-state index in [1.165, 1.54) is 6.07 Å². The molecule has 3 rings (SSSR count). The normalized spacial score (nSPS) is 10.5. The van der Waals surface area contributed by atoms with Gasteiger partial charge in [-0.3, -0.25) is 4.79 Å². The SMILES string of the molecule is CCOc1ccccc1NC(=O)c1cc2cc(OC)ccc2oc1=O. The van der Waals surface area contributed by atoms with E-state index >= 15 is 0 Å². The molecule has 128 valence electrons. The highest BCUT2D eigenvalue weighted by molar-refractivity contribution is 6.06. The minimum atomic E-state index is -0.705. The Bertz CT molecular complexity index is 977. The summed E-state index contributed by atoms with van der Waals surface area (Å²) in [7, 11) is 1.54. The van der Waals surface area contributed by atoms with Gasteiger partial charge in [0.25, 0.3) is 5.91 Å². The minimum absolute atomic E-state index is 0.0907. The van der Waals surface area contributed by atoms with Gasteiger partial charge in [0.1, 0.15) is 22.6 Å². The summed E-state index contributed by atoms with van der Waals surface area (Å²) in [5, 5.41) is 3.29. The van der Waals surface area contributed by atoms with E-state index in [0.29, 0.717) is 34.8 Å². The lowest BCUT2D eigenvalue weighted by atomic mass is 10.1. The van der Waals surface area contributed by atoms with Gasteiger partial charge in [-0.2, -0.15) is 0 Å². The second kappa shape index (κ2) is 7.09. The number of fused-ring (bicyclic) bond motifs is 1. The highest BCUT2D eigenvalue weighted by Crippen LogP contribution is 2.25. The molecule has 0 aliphatic heterocycles.